The number of piperidine rings is 1. The number of carbonyl (C=O) groups excluding carboxylic acids is 2. The number of benzene rings is 1. The number of carbonyl (C=O) groups is 2. The van der Waals surface area contributed by atoms with E-state index in [4.69, 9.17) is 4.74 Å². The van der Waals surface area contributed by atoms with Crippen LogP contribution in [0.2, 0.25) is 0 Å². The largest absolute Gasteiger partial charge is 0.450 e. The Morgan fingerprint density at radius 1 is 0.963 bits per heavy atom. The molecule has 1 aromatic carbocycles. The van der Waals surface area contributed by atoms with E-state index in [1.54, 1.807) is 4.90 Å². The van der Waals surface area contributed by atoms with Crippen LogP contribution in [0.5, 0.6) is 0 Å². The van der Waals surface area contributed by atoms with Gasteiger partial charge in [-0.15, -0.1) is 0 Å². The molecule has 1 aromatic rings. The SMILES string of the molecule is CCOC(=O)N1CCC(N2CCN(C(=O)c3ccc(C)c(C)c3)CC2)CC1. The summed E-state index contributed by atoms with van der Waals surface area (Å²) in [5.74, 6) is 0.134. The average Bonchev–Trinajstić information content (AvgIpc) is 2.70. The first kappa shape index (κ1) is 19.7. The standard InChI is InChI=1S/C21H31N3O3/c1-4-27-21(26)24-9-7-19(8-10-24)22-11-13-23(14-12-22)20(25)18-6-5-16(2)17(3)15-18/h5-6,15,19H,4,7-14H2,1-3H3. The molecule has 0 spiro atoms. The normalized spacial score (nSPS) is 19.2. The van der Waals surface area contributed by atoms with Gasteiger partial charge >= 0.3 is 6.09 Å². The molecule has 0 radical (unpaired) electrons. The third-order valence-electron chi connectivity index (χ3n) is 5.86. The van der Waals surface area contributed by atoms with Crippen LogP contribution in [0.25, 0.3) is 0 Å². The summed E-state index contributed by atoms with van der Waals surface area (Å²) < 4.78 is 5.09. The summed E-state index contributed by atoms with van der Waals surface area (Å²) in [5, 5.41) is 0. The van der Waals surface area contributed by atoms with Crippen LogP contribution in [0.4, 0.5) is 4.79 Å². The molecule has 0 atom stereocenters. The van der Waals surface area contributed by atoms with Crippen molar-refractivity contribution in [2.75, 3.05) is 45.9 Å². The van der Waals surface area contributed by atoms with Gasteiger partial charge in [0.25, 0.3) is 5.91 Å². The minimum absolute atomic E-state index is 0.134. The molecule has 0 saturated carbocycles. The zero-order valence-electron chi connectivity index (χ0n) is 16.7. The Bertz CT molecular complexity index is 675. The Morgan fingerprint density at radius 2 is 1.63 bits per heavy atom. The summed E-state index contributed by atoms with van der Waals surface area (Å²) in [6.07, 6.45) is 1.76. The fourth-order valence-corrected chi connectivity index (χ4v) is 3.98. The van der Waals surface area contributed by atoms with Gasteiger partial charge in [-0.3, -0.25) is 9.69 Å². The quantitative estimate of drug-likeness (QED) is 0.817. The van der Waals surface area contributed by atoms with Crippen LogP contribution in [0.1, 0.15) is 41.3 Å². The lowest BCUT2D eigenvalue weighted by Gasteiger charge is -2.42. The summed E-state index contributed by atoms with van der Waals surface area (Å²) in [6, 6.07) is 6.45. The van der Waals surface area contributed by atoms with E-state index in [-0.39, 0.29) is 12.0 Å². The molecular formula is C21H31N3O3. The molecule has 2 amide bonds. The molecule has 6 nitrogen and oxygen atoms in total. The number of piperazine rings is 1. The van der Waals surface area contributed by atoms with E-state index in [1.807, 2.05) is 36.9 Å². The van der Waals surface area contributed by atoms with Crippen LogP contribution in [-0.2, 0) is 4.74 Å². The lowest BCUT2D eigenvalue weighted by Crippen LogP contribution is -2.54. The van der Waals surface area contributed by atoms with E-state index >= 15 is 0 Å². The maximum Gasteiger partial charge on any atom is 0.409 e. The molecule has 2 aliphatic heterocycles. The molecule has 0 N–H and O–H groups in total. The highest BCUT2D eigenvalue weighted by molar-refractivity contribution is 5.94. The van der Waals surface area contributed by atoms with Gasteiger partial charge in [-0.05, 0) is 56.9 Å². The fourth-order valence-electron chi connectivity index (χ4n) is 3.98. The zero-order chi connectivity index (χ0) is 19.4. The fraction of sp³-hybridized carbons (Fsp3) is 0.619. The number of hydrogen-bond acceptors (Lipinski definition) is 4. The summed E-state index contributed by atoms with van der Waals surface area (Å²) in [5.41, 5.74) is 3.16. The number of nitrogens with zero attached hydrogens (tertiary/aromatic N) is 3. The Balaban J connectivity index is 1.48. The van der Waals surface area contributed by atoms with Crippen molar-refractivity contribution in [3.8, 4) is 0 Å². The van der Waals surface area contributed by atoms with Crippen molar-refractivity contribution in [2.45, 2.75) is 39.7 Å². The minimum atomic E-state index is -0.195. The lowest BCUT2D eigenvalue weighted by atomic mass is 10.0. The Morgan fingerprint density at radius 3 is 2.22 bits per heavy atom. The second kappa shape index (κ2) is 8.74. The number of aryl methyl sites for hydroxylation is 2. The van der Waals surface area contributed by atoms with Crippen molar-refractivity contribution in [2.24, 2.45) is 0 Å². The van der Waals surface area contributed by atoms with Crippen LogP contribution in [0.15, 0.2) is 18.2 Å². The maximum atomic E-state index is 12.8. The molecule has 2 aliphatic rings. The predicted octanol–water partition coefficient (Wildman–Crippen LogP) is 2.68. The molecular weight excluding hydrogens is 342 g/mol. The smallest absolute Gasteiger partial charge is 0.409 e. The summed E-state index contributed by atoms with van der Waals surface area (Å²) >= 11 is 0. The van der Waals surface area contributed by atoms with Crippen molar-refractivity contribution < 1.29 is 14.3 Å². The van der Waals surface area contributed by atoms with Gasteiger partial charge in [-0.1, -0.05) is 6.07 Å². The summed E-state index contributed by atoms with van der Waals surface area (Å²) in [4.78, 5) is 30.9. The molecule has 0 aliphatic carbocycles. The van der Waals surface area contributed by atoms with Gasteiger partial charge in [0.2, 0.25) is 0 Å². The number of amides is 2. The highest BCUT2D eigenvalue weighted by Crippen LogP contribution is 2.20. The number of hydrogen-bond donors (Lipinski definition) is 0. The van der Waals surface area contributed by atoms with Crippen molar-refractivity contribution >= 4 is 12.0 Å². The Labute approximate surface area is 162 Å². The van der Waals surface area contributed by atoms with Crippen LogP contribution < -0.4 is 0 Å². The molecule has 27 heavy (non-hydrogen) atoms. The topological polar surface area (TPSA) is 53.1 Å². The molecule has 2 fully saturated rings. The summed E-state index contributed by atoms with van der Waals surface area (Å²) in [7, 11) is 0. The van der Waals surface area contributed by atoms with E-state index in [0.717, 1.165) is 63.2 Å². The van der Waals surface area contributed by atoms with Gasteiger partial charge in [0.1, 0.15) is 0 Å². The Hall–Kier alpha value is -2.08. The van der Waals surface area contributed by atoms with Crippen molar-refractivity contribution in [1.29, 1.82) is 0 Å². The highest BCUT2D eigenvalue weighted by atomic mass is 16.6. The van der Waals surface area contributed by atoms with Gasteiger partial charge in [-0.25, -0.2) is 4.79 Å². The first-order valence-corrected chi connectivity index (χ1v) is 10.0. The van der Waals surface area contributed by atoms with Gasteiger partial charge in [-0.2, -0.15) is 0 Å². The first-order valence-electron chi connectivity index (χ1n) is 10.0. The zero-order valence-corrected chi connectivity index (χ0v) is 16.7. The molecule has 2 heterocycles. The molecule has 6 heteroatoms. The summed E-state index contributed by atoms with van der Waals surface area (Å²) in [6.45, 7) is 11.2. The molecule has 2 saturated heterocycles. The van der Waals surface area contributed by atoms with Crippen molar-refractivity contribution in [3.05, 3.63) is 34.9 Å². The maximum absolute atomic E-state index is 12.8. The van der Waals surface area contributed by atoms with Gasteiger partial charge in [0.15, 0.2) is 0 Å². The number of likely N-dealkylation sites (tertiary alicyclic amines) is 1. The van der Waals surface area contributed by atoms with Gasteiger partial charge in [0.05, 0.1) is 6.61 Å². The van der Waals surface area contributed by atoms with E-state index in [1.165, 1.54) is 5.56 Å². The highest BCUT2D eigenvalue weighted by Gasteiger charge is 2.30. The van der Waals surface area contributed by atoms with Crippen LogP contribution >= 0.6 is 0 Å². The van der Waals surface area contributed by atoms with E-state index in [9.17, 15) is 9.59 Å². The Kier molecular flexibility index (Phi) is 6.37. The molecule has 148 valence electrons. The van der Waals surface area contributed by atoms with Crippen LogP contribution in [0.3, 0.4) is 0 Å². The van der Waals surface area contributed by atoms with E-state index in [2.05, 4.69) is 11.8 Å². The van der Waals surface area contributed by atoms with Crippen LogP contribution in [0, 0.1) is 13.8 Å². The molecule has 0 bridgehead atoms. The third-order valence-corrected chi connectivity index (χ3v) is 5.86. The van der Waals surface area contributed by atoms with Crippen molar-refractivity contribution in [1.82, 2.24) is 14.7 Å². The van der Waals surface area contributed by atoms with Gasteiger partial charge < -0.3 is 14.5 Å². The molecule has 3 rings (SSSR count). The number of ether oxygens (including phenoxy) is 1. The van der Waals surface area contributed by atoms with Crippen molar-refractivity contribution in [3.63, 3.8) is 0 Å². The minimum Gasteiger partial charge on any atom is -0.450 e. The van der Waals surface area contributed by atoms with Crippen LogP contribution in [-0.4, -0.2) is 78.6 Å². The molecule has 0 unspecified atom stereocenters. The van der Waals surface area contributed by atoms with E-state index < -0.39 is 0 Å². The van der Waals surface area contributed by atoms with E-state index in [0.29, 0.717) is 12.6 Å². The second-order valence-corrected chi connectivity index (χ2v) is 7.54. The molecule has 0 aromatic heterocycles. The second-order valence-electron chi connectivity index (χ2n) is 7.54. The predicted molar refractivity (Wildman–Crippen MR) is 105 cm³/mol. The third kappa shape index (κ3) is 4.61. The monoisotopic (exact) mass is 373 g/mol. The number of rotatable bonds is 3. The lowest BCUT2D eigenvalue weighted by molar-refractivity contribution is 0.0417. The first-order chi connectivity index (χ1) is 13.0. The van der Waals surface area contributed by atoms with Gasteiger partial charge in [0, 0.05) is 50.9 Å². The average molecular weight is 373 g/mol.